The Balaban J connectivity index is 1.94. The molecule has 2 N–H and O–H groups in total. The first-order valence-corrected chi connectivity index (χ1v) is 6.38. The van der Waals surface area contributed by atoms with Crippen LogP contribution in [0.5, 0.6) is 0 Å². The van der Waals surface area contributed by atoms with Gasteiger partial charge in [0, 0.05) is 19.6 Å². The van der Waals surface area contributed by atoms with Crippen molar-refractivity contribution in [2.24, 2.45) is 0 Å². The molecule has 0 saturated heterocycles. The first-order valence-electron chi connectivity index (χ1n) is 6.38. The highest BCUT2D eigenvalue weighted by Crippen LogP contribution is 2.25. The number of nitrogens with one attached hydrogen (secondary N) is 1. The first-order chi connectivity index (χ1) is 9.09. The Hall–Kier alpha value is -2.04. The monoisotopic (exact) mass is 262 g/mol. The van der Waals surface area contributed by atoms with Crippen LogP contribution < -0.4 is 5.32 Å². The molecule has 5 heteroatoms. The van der Waals surface area contributed by atoms with Crippen LogP contribution >= 0.6 is 0 Å². The van der Waals surface area contributed by atoms with Gasteiger partial charge in [0.25, 0.3) is 0 Å². The van der Waals surface area contributed by atoms with E-state index in [4.69, 9.17) is 0 Å². The third kappa shape index (κ3) is 3.47. The maximum Gasteiger partial charge on any atom is 0.317 e. The molecule has 1 aromatic carbocycles. The predicted molar refractivity (Wildman–Crippen MR) is 71.0 cm³/mol. The smallest absolute Gasteiger partial charge is 0.317 e. The normalized spacial score (nSPS) is 15.6. The zero-order valence-corrected chi connectivity index (χ0v) is 10.9. The number of carbonyl (C=O) groups is 2. The molecule has 1 aliphatic rings. The average Bonchev–Trinajstić information content (AvgIpc) is 3.23. The van der Waals surface area contributed by atoms with E-state index in [1.807, 2.05) is 6.07 Å². The third-order valence-corrected chi connectivity index (χ3v) is 3.37. The standard InChI is InChI=1S/C14H18N2O3/c1-16(11-7-8-11)14(19)15-9-12(13(17)18)10-5-3-2-4-6-10/h2-6,11-12H,7-9H2,1H3,(H,15,19)(H,17,18). The summed E-state index contributed by atoms with van der Waals surface area (Å²) in [6.07, 6.45) is 2.07. The van der Waals surface area contributed by atoms with Crippen molar-refractivity contribution in [3.05, 3.63) is 35.9 Å². The summed E-state index contributed by atoms with van der Waals surface area (Å²) in [5, 5.41) is 11.9. The van der Waals surface area contributed by atoms with E-state index in [-0.39, 0.29) is 12.6 Å². The number of hydrogen-bond acceptors (Lipinski definition) is 2. The van der Waals surface area contributed by atoms with E-state index >= 15 is 0 Å². The molecule has 102 valence electrons. The number of carbonyl (C=O) groups excluding carboxylic acids is 1. The second kappa shape index (κ2) is 5.73. The van der Waals surface area contributed by atoms with Gasteiger partial charge in [0.15, 0.2) is 0 Å². The average molecular weight is 262 g/mol. The summed E-state index contributed by atoms with van der Waals surface area (Å²) in [4.78, 5) is 24.7. The Bertz CT molecular complexity index is 457. The maximum absolute atomic E-state index is 11.8. The molecule has 1 fully saturated rings. The van der Waals surface area contributed by atoms with Crippen LogP contribution in [0.15, 0.2) is 30.3 Å². The Morgan fingerprint density at radius 2 is 2.00 bits per heavy atom. The van der Waals surface area contributed by atoms with Gasteiger partial charge in [-0.2, -0.15) is 0 Å². The topological polar surface area (TPSA) is 69.6 Å². The van der Waals surface area contributed by atoms with E-state index in [0.29, 0.717) is 11.6 Å². The number of benzene rings is 1. The van der Waals surface area contributed by atoms with Gasteiger partial charge >= 0.3 is 12.0 Å². The van der Waals surface area contributed by atoms with Crippen molar-refractivity contribution in [1.82, 2.24) is 10.2 Å². The second-order valence-corrected chi connectivity index (χ2v) is 4.83. The van der Waals surface area contributed by atoms with E-state index in [2.05, 4.69) is 5.32 Å². The number of carboxylic acid groups (broad SMARTS) is 1. The first kappa shape index (κ1) is 13.4. The molecule has 1 aliphatic carbocycles. The minimum Gasteiger partial charge on any atom is -0.481 e. The summed E-state index contributed by atoms with van der Waals surface area (Å²) >= 11 is 0. The maximum atomic E-state index is 11.8. The largest absolute Gasteiger partial charge is 0.481 e. The number of aliphatic carboxylic acids is 1. The van der Waals surface area contributed by atoms with Crippen molar-refractivity contribution >= 4 is 12.0 Å². The second-order valence-electron chi connectivity index (χ2n) is 4.83. The molecule has 0 aliphatic heterocycles. The number of nitrogens with zero attached hydrogens (tertiary/aromatic N) is 1. The molecule has 5 nitrogen and oxygen atoms in total. The van der Waals surface area contributed by atoms with Crippen LogP contribution in [0.2, 0.25) is 0 Å². The van der Waals surface area contributed by atoms with Crippen molar-refractivity contribution in [2.45, 2.75) is 24.8 Å². The van der Waals surface area contributed by atoms with Gasteiger partial charge in [-0.05, 0) is 18.4 Å². The molecule has 2 amide bonds. The fourth-order valence-electron chi connectivity index (χ4n) is 1.97. The van der Waals surface area contributed by atoms with Crippen LogP contribution in [0, 0.1) is 0 Å². The Morgan fingerprint density at radius 3 is 2.53 bits per heavy atom. The van der Waals surface area contributed by atoms with Crippen LogP contribution in [0.3, 0.4) is 0 Å². The van der Waals surface area contributed by atoms with Crippen molar-refractivity contribution in [2.75, 3.05) is 13.6 Å². The summed E-state index contributed by atoms with van der Waals surface area (Å²) in [6, 6.07) is 9.06. The number of amides is 2. The van der Waals surface area contributed by atoms with Crippen molar-refractivity contribution in [3.8, 4) is 0 Å². The van der Waals surface area contributed by atoms with Crippen molar-refractivity contribution in [3.63, 3.8) is 0 Å². The van der Waals surface area contributed by atoms with Gasteiger partial charge in [-0.3, -0.25) is 4.79 Å². The highest BCUT2D eigenvalue weighted by Gasteiger charge is 2.30. The highest BCUT2D eigenvalue weighted by molar-refractivity contribution is 5.79. The molecule has 1 atom stereocenters. The fraction of sp³-hybridized carbons (Fsp3) is 0.429. The number of rotatable bonds is 5. The van der Waals surface area contributed by atoms with Crippen LogP contribution in [0.1, 0.15) is 24.3 Å². The lowest BCUT2D eigenvalue weighted by atomic mass is 9.99. The van der Waals surface area contributed by atoms with Crippen LogP contribution in [-0.2, 0) is 4.79 Å². The quantitative estimate of drug-likeness (QED) is 0.847. The molecule has 19 heavy (non-hydrogen) atoms. The SMILES string of the molecule is CN(C(=O)NCC(C(=O)O)c1ccccc1)C1CC1. The zero-order valence-electron chi connectivity index (χ0n) is 10.9. The number of carboxylic acids is 1. The third-order valence-electron chi connectivity index (χ3n) is 3.37. The highest BCUT2D eigenvalue weighted by atomic mass is 16.4. The summed E-state index contributed by atoms with van der Waals surface area (Å²) < 4.78 is 0. The molecule has 1 saturated carbocycles. The van der Waals surface area contributed by atoms with Gasteiger partial charge in [0.05, 0.1) is 5.92 Å². The fourth-order valence-corrected chi connectivity index (χ4v) is 1.97. The number of hydrogen-bond donors (Lipinski definition) is 2. The molecule has 1 aromatic rings. The van der Waals surface area contributed by atoms with E-state index < -0.39 is 11.9 Å². The van der Waals surface area contributed by atoms with E-state index in [0.717, 1.165) is 12.8 Å². The minimum atomic E-state index is -0.930. The summed E-state index contributed by atoms with van der Waals surface area (Å²) in [7, 11) is 1.74. The summed E-state index contributed by atoms with van der Waals surface area (Å²) in [5.41, 5.74) is 0.698. The minimum absolute atomic E-state index is 0.106. The van der Waals surface area contributed by atoms with E-state index in [1.165, 1.54) is 0 Å². The summed E-state index contributed by atoms with van der Waals surface area (Å²) in [6.45, 7) is 0.106. The van der Waals surface area contributed by atoms with Gasteiger partial charge in [-0.1, -0.05) is 30.3 Å². The lowest BCUT2D eigenvalue weighted by Crippen LogP contribution is -2.41. The van der Waals surface area contributed by atoms with Crippen LogP contribution in [0.4, 0.5) is 4.79 Å². The lowest BCUT2D eigenvalue weighted by Gasteiger charge is -2.19. The number of urea groups is 1. The van der Waals surface area contributed by atoms with E-state index in [1.54, 1.807) is 36.2 Å². The zero-order chi connectivity index (χ0) is 13.8. The van der Waals surface area contributed by atoms with Crippen molar-refractivity contribution < 1.29 is 14.7 Å². The van der Waals surface area contributed by atoms with Crippen LogP contribution in [0.25, 0.3) is 0 Å². The molecule has 0 spiro atoms. The molecule has 0 radical (unpaired) electrons. The molecular weight excluding hydrogens is 244 g/mol. The Labute approximate surface area is 112 Å². The molecule has 0 heterocycles. The van der Waals surface area contributed by atoms with E-state index in [9.17, 15) is 14.7 Å². The molecule has 0 aromatic heterocycles. The molecule has 1 unspecified atom stereocenters. The Kier molecular flexibility index (Phi) is 4.04. The molecular formula is C14H18N2O3. The Morgan fingerprint density at radius 1 is 1.37 bits per heavy atom. The van der Waals surface area contributed by atoms with Crippen LogP contribution in [-0.4, -0.2) is 41.6 Å². The predicted octanol–water partition coefficient (Wildman–Crippen LogP) is 1.66. The summed E-state index contributed by atoms with van der Waals surface area (Å²) in [5.74, 6) is -1.64. The molecule has 0 bridgehead atoms. The van der Waals surface area contributed by atoms with Gasteiger partial charge in [0.2, 0.25) is 0 Å². The van der Waals surface area contributed by atoms with Crippen molar-refractivity contribution in [1.29, 1.82) is 0 Å². The van der Waals surface area contributed by atoms with Gasteiger partial charge in [-0.15, -0.1) is 0 Å². The van der Waals surface area contributed by atoms with Gasteiger partial charge in [0.1, 0.15) is 0 Å². The lowest BCUT2D eigenvalue weighted by molar-refractivity contribution is -0.138. The van der Waals surface area contributed by atoms with Gasteiger partial charge < -0.3 is 15.3 Å². The van der Waals surface area contributed by atoms with Gasteiger partial charge in [-0.25, -0.2) is 4.79 Å². The molecule has 2 rings (SSSR count).